The molecule has 128 valence electrons. The van der Waals surface area contributed by atoms with Crippen molar-refractivity contribution in [3.05, 3.63) is 78.0 Å². The van der Waals surface area contributed by atoms with Gasteiger partial charge in [0.25, 0.3) is 5.91 Å². The molecule has 1 aromatic heterocycles. The van der Waals surface area contributed by atoms with E-state index in [1.165, 1.54) is 0 Å². The highest BCUT2D eigenvalue weighted by molar-refractivity contribution is 5.93. The Balaban J connectivity index is 1.74. The molecular formula is C20H21N3O2. The number of aromatic amines is 1. The summed E-state index contributed by atoms with van der Waals surface area (Å²) in [6.07, 6.45) is 1.30. The average molecular weight is 335 g/mol. The van der Waals surface area contributed by atoms with Crippen LogP contribution in [0.4, 0.5) is 0 Å². The fourth-order valence-corrected chi connectivity index (χ4v) is 2.73. The topological polar surface area (TPSA) is 78.0 Å². The largest absolute Gasteiger partial charge is 0.396 e. The highest BCUT2D eigenvalue weighted by Crippen LogP contribution is 2.20. The van der Waals surface area contributed by atoms with Gasteiger partial charge in [-0.1, -0.05) is 60.7 Å². The number of aliphatic hydroxyl groups is 1. The third-order valence-corrected chi connectivity index (χ3v) is 4.05. The molecule has 1 atom stereocenters. The van der Waals surface area contributed by atoms with Crippen molar-refractivity contribution in [3.8, 4) is 11.3 Å². The Hall–Kier alpha value is -2.92. The van der Waals surface area contributed by atoms with Gasteiger partial charge in [0.2, 0.25) is 0 Å². The number of aromatic nitrogens is 2. The first-order valence-electron chi connectivity index (χ1n) is 8.35. The van der Waals surface area contributed by atoms with Crippen LogP contribution in [0.1, 0.15) is 34.9 Å². The second kappa shape index (κ2) is 8.26. The summed E-state index contributed by atoms with van der Waals surface area (Å²) in [7, 11) is 0. The average Bonchev–Trinajstić information content (AvgIpc) is 3.17. The van der Waals surface area contributed by atoms with Crippen molar-refractivity contribution in [2.45, 2.75) is 18.9 Å². The first-order chi connectivity index (χ1) is 12.3. The molecule has 0 fully saturated rings. The van der Waals surface area contributed by atoms with Crippen molar-refractivity contribution in [1.29, 1.82) is 0 Å². The van der Waals surface area contributed by atoms with Crippen LogP contribution in [-0.2, 0) is 0 Å². The van der Waals surface area contributed by atoms with Crippen LogP contribution >= 0.6 is 0 Å². The van der Waals surface area contributed by atoms with E-state index in [0.717, 1.165) is 16.8 Å². The maximum Gasteiger partial charge on any atom is 0.269 e. The molecule has 0 bridgehead atoms. The summed E-state index contributed by atoms with van der Waals surface area (Å²) in [6.45, 7) is 0.0986. The van der Waals surface area contributed by atoms with E-state index in [4.69, 9.17) is 5.11 Å². The fourth-order valence-electron chi connectivity index (χ4n) is 2.73. The first-order valence-corrected chi connectivity index (χ1v) is 8.35. The summed E-state index contributed by atoms with van der Waals surface area (Å²) in [4.78, 5) is 12.6. The molecule has 25 heavy (non-hydrogen) atoms. The van der Waals surface area contributed by atoms with Gasteiger partial charge in [-0.2, -0.15) is 5.10 Å². The molecule has 3 aromatic rings. The number of benzene rings is 2. The summed E-state index contributed by atoms with van der Waals surface area (Å²) < 4.78 is 0. The van der Waals surface area contributed by atoms with Crippen molar-refractivity contribution < 1.29 is 9.90 Å². The van der Waals surface area contributed by atoms with E-state index in [1.54, 1.807) is 6.07 Å². The van der Waals surface area contributed by atoms with Gasteiger partial charge in [0.15, 0.2) is 0 Å². The van der Waals surface area contributed by atoms with Crippen LogP contribution in [0, 0.1) is 0 Å². The van der Waals surface area contributed by atoms with Crippen molar-refractivity contribution in [2.75, 3.05) is 6.61 Å². The standard InChI is InChI=1S/C20H21N3O2/c24-13-7-12-17(15-8-3-1-4-9-15)21-20(25)19-14-18(22-23-19)16-10-5-2-6-11-16/h1-6,8-11,14,17,24H,7,12-13H2,(H,21,25)(H,22,23). The van der Waals surface area contributed by atoms with Gasteiger partial charge in [-0.05, 0) is 24.5 Å². The monoisotopic (exact) mass is 335 g/mol. The molecule has 0 aliphatic heterocycles. The van der Waals surface area contributed by atoms with Crippen LogP contribution < -0.4 is 5.32 Å². The van der Waals surface area contributed by atoms with Gasteiger partial charge in [0.05, 0.1) is 11.7 Å². The minimum atomic E-state index is -0.207. The number of hydrogen-bond donors (Lipinski definition) is 3. The van der Waals surface area contributed by atoms with E-state index in [2.05, 4.69) is 15.5 Å². The number of nitrogens with one attached hydrogen (secondary N) is 2. The molecule has 0 saturated carbocycles. The zero-order valence-corrected chi connectivity index (χ0v) is 13.9. The molecule has 0 spiro atoms. The van der Waals surface area contributed by atoms with Crippen molar-refractivity contribution in [2.24, 2.45) is 0 Å². The number of nitrogens with zero attached hydrogens (tertiary/aromatic N) is 1. The third-order valence-electron chi connectivity index (χ3n) is 4.05. The summed E-state index contributed by atoms with van der Waals surface area (Å²) in [5.41, 5.74) is 3.13. The Morgan fingerprint density at radius 1 is 1.08 bits per heavy atom. The fraction of sp³-hybridized carbons (Fsp3) is 0.200. The number of H-pyrrole nitrogens is 1. The smallest absolute Gasteiger partial charge is 0.269 e. The van der Waals surface area contributed by atoms with E-state index in [-0.39, 0.29) is 18.6 Å². The molecule has 1 amide bonds. The van der Waals surface area contributed by atoms with Gasteiger partial charge < -0.3 is 10.4 Å². The number of carbonyl (C=O) groups excluding carboxylic acids is 1. The maximum absolute atomic E-state index is 12.6. The van der Waals surface area contributed by atoms with Gasteiger partial charge in [0.1, 0.15) is 5.69 Å². The zero-order chi connectivity index (χ0) is 17.5. The number of hydrogen-bond acceptors (Lipinski definition) is 3. The predicted octanol–water partition coefficient (Wildman–Crippen LogP) is 3.32. The van der Waals surface area contributed by atoms with Gasteiger partial charge in [-0.3, -0.25) is 9.89 Å². The minimum absolute atomic E-state index is 0.0986. The second-order valence-corrected chi connectivity index (χ2v) is 5.84. The van der Waals surface area contributed by atoms with Crippen LogP contribution in [0.2, 0.25) is 0 Å². The van der Waals surface area contributed by atoms with Gasteiger partial charge in [-0.15, -0.1) is 0 Å². The third kappa shape index (κ3) is 4.33. The van der Waals surface area contributed by atoms with E-state index in [0.29, 0.717) is 18.5 Å². The van der Waals surface area contributed by atoms with E-state index in [1.807, 2.05) is 60.7 Å². The molecule has 0 aliphatic rings. The van der Waals surface area contributed by atoms with Crippen LogP contribution in [0.15, 0.2) is 66.7 Å². The Bertz CT molecular complexity index is 800. The highest BCUT2D eigenvalue weighted by atomic mass is 16.3. The van der Waals surface area contributed by atoms with Crippen molar-refractivity contribution in [1.82, 2.24) is 15.5 Å². The van der Waals surface area contributed by atoms with Gasteiger partial charge in [0, 0.05) is 12.2 Å². The lowest BCUT2D eigenvalue weighted by molar-refractivity contribution is 0.0927. The summed E-state index contributed by atoms with van der Waals surface area (Å²) in [5, 5.41) is 19.2. The minimum Gasteiger partial charge on any atom is -0.396 e. The Kier molecular flexibility index (Phi) is 5.59. The summed E-state index contributed by atoms with van der Waals surface area (Å²) in [6, 6.07) is 21.1. The highest BCUT2D eigenvalue weighted by Gasteiger charge is 2.17. The number of rotatable bonds is 7. The van der Waals surface area contributed by atoms with Crippen LogP contribution in [-0.4, -0.2) is 27.8 Å². The molecular weight excluding hydrogens is 314 g/mol. The number of aliphatic hydroxyl groups excluding tert-OH is 1. The van der Waals surface area contributed by atoms with Crippen LogP contribution in [0.25, 0.3) is 11.3 Å². The molecule has 0 radical (unpaired) electrons. The maximum atomic E-state index is 12.6. The molecule has 0 aliphatic carbocycles. The molecule has 1 heterocycles. The Labute approximate surface area is 146 Å². The molecule has 5 nitrogen and oxygen atoms in total. The van der Waals surface area contributed by atoms with Crippen molar-refractivity contribution in [3.63, 3.8) is 0 Å². The van der Waals surface area contributed by atoms with E-state index in [9.17, 15) is 4.79 Å². The molecule has 1 unspecified atom stereocenters. The lowest BCUT2D eigenvalue weighted by Crippen LogP contribution is -2.29. The molecule has 3 rings (SSSR count). The Morgan fingerprint density at radius 3 is 2.44 bits per heavy atom. The lowest BCUT2D eigenvalue weighted by Gasteiger charge is -2.18. The van der Waals surface area contributed by atoms with Crippen molar-refractivity contribution >= 4 is 5.91 Å². The normalized spacial score (nSPS) is 11.9. The summed E-state index contributed by atoms with van der Waals surface area (Å²) in [5.74, 6) is -0.207. The van der Waals surface area contributed by atoms with Crippen LogP contribution in [0.5, 0.6) is 0 Å². The molecule has 5 heteroatoms. The molecule has 2 aromatic carbocycles. The Morgan fingerprint density at radius 2 is 1.76 bits per heavy atom. The zero-order valence-electron chi connectivity index (χ0n) is 13.9. The van der Waals surface area contributed by atoms with E-state index >= 15 is 0 Å². The SMILES string of the molecule is O=C(NC(CCCO)c1ccccc1)c1cc(-c2ccccc2)n[nH]1. The number of carbonyl (C=O) groups is 1. The van der Waals surface area contributed by atoms with Gasteiger partial charge in [-0.25, -0.2) is 0 Å². The quantitative estimate of drug-likeness (QED) is 0.620. The summed E-state index contributed by atoms with van der Waals surface area (Å²) >= 11 is 0. The van der Waals surface area contributed by atoms with Gasteiger partial charge >= 0.3 is 0 Å². The predicted molar refractivity (Wildman–Crippen MR) is 97.0 cm³/mol. The number of amides is 1. The van der Waals surface area contributed by atoms with E-state index < -0.39 is 0 Å². The lowest BCUT2D eigenvalue weighted by atomic mass is 10.0. The van der Waals surface area contributed by atoms with Crippen LogP contribution in [0.3, 0.4) is 0 Å². The molecule has 3 N–H and O–H groups in total. The first kappa shape index (κ1) is 16.9. The second-order valence-electron chi connectivity index (χ2n) is 5.84. The molecule has 0 saturated heterocycles.